The molecule has 0 atom stereocenters. The Morgan fingerprint density at radius 1 is 0.966 bits per heavy atom. The molecule has 2 aliphatic rings. The lowest BCUT2D eigenvalue weighted by molar-refractivity contribution is 0.858. The van der Waals surface area contributed by atoms with Crippen LogP contribution >= 0.6 is 11.6 Å². The van der Waals surface area contributed by atoms with E-state index in [-0.39, 0.29) is 5.56 Å². The summed E-state index contributed by atoms with van der Waals surface area (Å²) in [7, 11) is 0. The van der Waals surface area contributed by atoms with Gasteiger partial charge >= 0.3 is 0 Å². The molecule has 0 unspecified atom stereocenters. The molecule has 29 heavy (non-hydrogen) atoms. The monoisotopic (exact) mass is 401 g/mol. The fourth-order valence-corrected chi connectivity index (χ4v) is 3.61. The average molecular weight is 402 g/mol. The molecule has 0 saturated carbocycles. The van der Waals surface area contributed by atoms with E-state index in [2.05, 4.69) is 20.1 Å². The van der Waals surface area contributed by atoms with Crippen molar-refractivity contribution in [3.8, 4) is 39.5 Å². The SMILES string of the molecule is Cc1[nH]cc2c(=O)n(-c3ccc(Cl)cc3)nc-2c1-c1ccc(-c2ncc[nH]2)cc1. The van der Waals surface area contributed by atoms with Crippen LogP contribution in [0, 0.1) is 6.92 Å². The lowest BCUT2D eigenvalue weighted by Crippen LogP contribution is -2.14. The number of imidazole rings is 1. The van der Waals surface area contributed by atoms with Gasteiger partial charge in [0.05, 0.1) is 11.3 Å². The summed E-state index contributed by atoms with van der Waals surface area (Å²) >= 11 is 5.97. The van der Waals surface area contributed by atoms with Crippen molar-refractivity contribution in [3.63, 3.8) is 0 Å². The Morgan fingerprint density at radius 2 is 1.69 bits per heavy atom. The van der Waals surface area contributed by atoms with Crippen LogP contribution in [0.1, 0.15) is 5.69 Å². The van der Waals surface area contributed by atoms with Crippen molar-refractivity contribution in [2.24, 2.45) is 0 Å². The molecule has 5 rings (SSSR count). The van der Waals surface area contributed by atoms with Gasteiger partial charge in [-0.25, -0.2) is 4.98 Å². The van der Waals surface area contributed by atoms with Crippen LogP contribution in [0.2, 0.25) is 5.02 Å². The molecule has 0 saturated heterocycles. The van der Waals surface area contributed by atoms with E-state index < -0.39 is 0 Å². The highest BCUT2D eigenvalue weighted by Gasteiger charge is 2.22. The number of halogens is 1. The van der Waals surface area contributed by atoms with Crippen LogP contribution in [0.25, 0.3) is 39.5 Å². The van der Waals surface area contributed by atoms with Gasteiger partial charge in [-0.05, 0) is 36.8 Å². The molecule has 0 amide bonds. The summed E-state index contributed by atoms with van der Waals surface area (Å²) < 4.78 is 1.41. The molecule has 142 valence electrons. The second-order valence-electron chi connectivity index (χ2n) is 6.76. The number of hydrogen-bond donors (Lipinski definition) is 2. The predicted octanol–water partition coefficient (Wildman–Crippen LogP) is 4.68. The fourth-order valence-electron chi connectivity index (χ4n) is 3.49. The van der Waals surface area contributed by atoms with Crippen LogP contribution in [-0.4, -0.2) is 24.7 Å². The Kier molecular flexibility index (Phi) is 4.07. The Morgan fingerprint density at radius 3 is 2.38 bits per heavy atom. The third-order valence-electron chi connectivity index (χ3n) is 4.94. The molecule has 7 heteroatoms. The minimum absolute atomic E-state index is 0.174. The molecule has 0 radical (unpaired) electrons. The van der Waals surface area contributed by atoms with E-state index >= 15 is 0 Å². The quantitative estimate of drug-likeness (QED) is 0.460. The normalized spacial score (nSPS) is 11.2. The predicted molar refractivity (Wildman–Crippen MR) is 114 cm³/mol. The third kappa shape index (κ3) is 2.94. The van der Waals surface area contributed by atoms with E-state index in [0.29, 0.717) is 22.0 Å². The first-order chi connectivity index (χ1) is 14.1. The second-order valence-corrected chi connectivity index (χ2v) is 7.20. The molecule has 0 aliphatic carbocycles. The van der Waals surface area contributed by atoms with Gasteiger partial charge < -0.3 is 9.97 Å². The number of benzene rings is 2. The molecule has 3 heterocycles. The van der Waals surface area contributed by atoms with Crippen LogP contribution in [-0.2, 0) is 0 Å². The van der Waals surface area contributed by atoms with E-state index in [1.165, 1.54) is 4.68 Å². The van der Waals surface area contributed by atoms with Crippen molar-refractivity contribution in [2.75, 3.05) is 0 Å². The van der Waals surface area contributed by atoms with Crippen molar-refractivity contribution in [3.05, 3.63) is 88.2 Å². The van der Waals surface area contributed by atoms with Crippen LogP contribution in [0.15, 0.2) is 71.9 Å². The smallest absolute Gasteiger partial charge is 0.282 e. The van der Waals surface area contributed by atoms with Crippen LogP contribution in [0.3, 0.4) is 0 Å². The molecule has 1 aromatic heterocycles. The van der Waals surface area contributed by atoms with Gasteiger partial charge in [0, 0.05) is 40.4 Å². The molecule has 3 aromatic rings. The summed E-state index contributed by atoms with van der Waals surface area (Å²) in [4.78, 5) is 23.5. The van der Waals surface area contributed by atoms with E-state index in [1.807, 2.05) is 31.2 Å². The van der Waals surface area contributed by atoms with Crippen molar-refractivity contribution in [1.82, 2.24) is 24.7 Å². The number of aromatic amines is 2. The highest BCUT2D eigenvalue weighted by Crippen LogP contribution is 2.33. The van der Waals surface area contributed by atoms with Gasteiger partial charge in [0.15, 0.2) is 0 Å². The van der Waals surface area contributed by atoms with E-state index in [9.17, 15) is 4.79 Å². The van der Waals surface area contributed by atoms with Gasteiger partial charge in [-0.15, -0.1) is 0 Å². The summed E-state index contributed by atoms with van der Waals surface area (Å²) in [6.45, 7) is 1.97. The molecule has 0 fully saturated rings. The highest BCUT2D eigenvalue weighted by molar-refractivity contribution is 6.30. The molecule has 0 bridgehead atoms. The summed E-state index contributed by atoms with van der Waals surface area (Å²) in [6, 6.07) is 15.1. The van der Waals surface area contributed by atoms with Gasteiger partial charge in [0.1, 0.15) is 11.5 Å². The number of rotatable bonds is 3. The van der Waals surface area contributed by atoms with Crippen molar-refractivity contribution < 1.29 is 0 Å². The average Bonchev–Trinajstić information content (AvgIpc) is 3.38. The van der Waals surface area contributed by atoms with Crippen molar-refractivity contribution in [1.29, 1.82) is 0 Å². The number of H-pyrrole nitrogens is 2. The molecular weight excluding hydrogens is 386 g/mol. The molecule has 0 spiro atoms. The summed E-state index contributed by atoms with van der Waals surface area (Å²) in [5, 5.41) is 5.25. The van der Waals surface area contributed by atoms with Gasteiger partial charge in [-0.1, -0.05) is 35.9 Å². The zero-order valence-corrected chi connectivity index (χ0v) is 16.2. The fraction of sp³-hybridized carbons (Fsp3) is 0.0455. The molecule has 6 nitrogen and oxygen atoms in total. The van der Waals surface area contributed by atoms with Crippen LogP contribution in [0.4, 0.5) is 0 Å². The third-order valence-corrected chi connectivity index (χ3v) is 5.19. The lowest BCUT2D eigenvalue weighted by Gasteiger charge is -2.10. The van der Waals surface area contributed by atoms with Crippen molar-refractivity contribution >= 4 is 11.6 Å². The number of pyridine rings is 1. The zero-order chi connectivity index (χ0) is 20.0. The highest BCUT2D eigenvalue weighted by atomic mass is 35.5. The number of aromatic nitrogens is 5. The number of nitrogens with one attached hydrogen (secondary N) is 2. The molecular formula is C22H16ClN5O. The maximum atomic E-state index is 13.0. The first kappa shape index (κ1) is 17.5. The van der Waals surface area contributed by atoms with E-state index in [4.69, 9.17) is 11.6 Å². The van der Waals surface area contributed by atoms with Crippen LogP contribution in [0.5, 0.6) is 0 Å². The number of aryl methyl sites for hydroxylation is 1. The van der Waals surface area contributed by atoms with Crippen molar-refractivity contribution in [2.45, 2.75) is 6.92 Å². The maximum absolute atomic E-state index is 13.0. The summed E-state index contributed by atoms with van der Waals surface area (Å²) in [5.41, 5.74) is 5.49. The summed E-state index contributed by atoms with van der Waals surface area (Å²) in [6.07, 6.45) is 5.23. The number of fused-ring (bicyclic) bond motifs is 1. The zero-order valence-electron chi connectivity index (χ0n) is 15.5. The Bertz CT molecular complexity index is 1320. The van der Waals surface area contributed by atoms with Gasteiger partial charge in [0.25, 0.3) is 5.56 Å². The molecule has 2 aliphatic heterocycles. The number of nitrogens with zero attached hydrogens (tertiary/aromatic N) is 3. The second kappa shape index (κ2) is 6.76. The Labute approximate surface area is 171 Å². The Hall–Kier alpha value is -3.64. The lowest BCUT2D eigenvalue weighted by atomic mass is 9.98. The molecule has 2 aromatic carbocycles. The summed E-state index contributed by atoms with van der Waals surface area (Å²) in [5.74, 6) is 0.812. The largest absolute Gasteiger partial charge is 0.364 e. The van der Waals surface area contributed by atoms with Gasteiger partial charge in [-0.2, -0.15) is 9.78 Å². The first-order valence-corrected chi connectivity index (χ1v) is 9.47. The van der Waals surface area contributed by atoms with E-state index in [1.54, 1.807) is 42.9 Å². The molecule has 2 N–H and O–H groups in total. The number of hydrogen-bond acceptors (Lipinski definition) is 3. The minimum atomic E-state index is -0.174. The van der Waals surface area contributed by atoms with Gasteiger partial charge in [-0.3, -0.25) is 4.79 Å². The van der Waals surface area contributed by atoms with Gasteiger partial charge in [0.2, 0.25) is 0 Å². The minimum Gasteiger partial charge on any atom is -0.364 e. The standard InChI is InChI=1S/C22H16ClN5O/c1-13-19(14-2-4-15(5-3-14)21-24-10-11-25-21)20-18(12-26-13)22(29)28(27-20)17-8-6-16(23)7-9-17/h2-12,26H,1H3,(H,24,25). The topological polar surface area (TPSA) is 79.4 Å². The first-order valence-electron chi connectivity index (χ1n) is 9.09. The Balaban J connectivity index is 1.66. The maximum Gasteiger partial charge on any atom is 0.282 e. The van der Waals surface area contributed by atoms with Crippen LogP contribution < -0.4 is 5.56 Å². The van der Waals surface area contributed by atoms with E-state index in [0.717, 1.165) is 28.2 Å².